The maximum absolute atomic E-state index is 11.8. The molecule has 0 bridgehead atoms. The van der Waals surface area contributed by atoms with E-state index in [0.29, 0.717) is 5.92 Å². The molecular weight excluding hydrogens is 316 g/mol. The predicted octanol–water partition coefficient (Wildman–Crippen LogP) is 4.21. The maximum Gasteiger partial charge on any atom is 0.277 e. The summed E-state index contributed by atoms with van der Waals surface area (Å²) in [7, 11) is 0. The van der Waals surface area contributed by atoms with E-state index in [1.54, 1.807) is 12.2 Å². The van der Waals surface area contributed by atoms with Crippen molar-refractivity contribution < 1.29 is 13.9 Å². The van der Waals surface area contributed by atoms with Crippen molar-refractivity contribution in [2.45, 2.75) is 33.6 Å². The Balaban J connectivity index is 1.82. The van der Waals surface area contributed by atoms with Crippen molar-refractivity contribution in [2.75, 3.05) is 6.61 Å². The molecule has 0 fully saturated rings. The molecule has 0 spiro atoms. The van der Waals surface area contributed by atoms with E-state index in [4.69, 9.17) is 9.15 Å². The molecule has 0 saturated carbocycles. The Morgan fingerprint density at radius 3 is 2.76 bits per heavy atom. The van der Waals surface area contributed by atoms with Crippen LogP contribution >= 0.6 is 0 Å². The van der Waals surface area contributed by atoms with E-state index < -0.39 is 0 Å². The Kier molecular flexibility index (Phi) is 6.57. The van der Waals surface area contributed by atoms with E-state index in [1.807, 2.05) is 44.2 Å². The number of benzene rings is 1. The van der Waals surface area contributed by atoms with Crippen LogP contribution in [-0.4, -0.2) is 18.7 Å². The number of nitrogens with zero attached hydrogens (tertiary/aromatic N) is 1. The third-order valence-electron chi connectivity index (χ3n) is 3.52. The summed E-state index contributed by atoms with van der Waals surface area (Å²) in [5.41, 5.74) is 4.61. The van der Waals surface area contributed by atoms with Crippen LogP contribution in [0, 0.1) is 13.8 Å². The molecule has 1 N–H and O–H groups in total. The molecule has 2 rings (SSSR count). The molecule has 1 heterocycles. The van der Waals surface area contributed by atoms with Crippen molar-refractivity contribution in [3.05, 3.63) is 59.1 Å². The van der Waals surface area contributed by atoms with E-state index in [0.717, 1.165) is 28.4 Å². The van der Waals surface area contributed by atoms with Gasteiger partial charge >= 0.3 is 0 Å². The van der Waals surface area contributed by atoms with Gasteiger partial charge in [0.1, 0.15) is 17.3 Å². The number of hydrazone groups is 1. The first-order valence-electron chi connectivity index (χ1n) is 8.24. The van der Waals surface area contributed by atoms with Crippen LogP contribution < -0.4 is 10.2 Å². The van der Waals surface area contributed by atoms with E-state index in [1.165, 1.54) is 6.21 Å². The van der Waals surface area contributed by atoms with Gasteiger partial charge in [-0.15, -0.1) is 0 Å². The number of rotatable bonds is 7. The lowest BCUT2D eigenvalue weighted by Gasteiger charge is -2.14. The van der Waals surface area contributed by atoms with E-state index in [-0.39, 0.29) is 12.5 Å². The van der Waals surface area contributed by atoms with Gasteiger partial charge in [-0.2, -0.15) is 5.10 Å². The highest BCUT2D eigenvalue weighted by Gasteiger charge is 2.09. The molecule has 0 aliphatic rings. The molecule has 1 aromatic carbocycles. The lowest BCUT2D eigenvalue weighted by molar-refractivity contribution is -0.123. The number of hydrogen-bond donors (Lipinski definition) is 1. The zero-order valence-corrected chi connectivity index (χ0v) is 15.1. The van der Waals surface area contributed by atoms with Gasteiger partial charge in [-0.3, -0.25) is 4.79 Å². The number of furan rings is 1. The number of carbonyl (C=O) groups is 1. The van der Waals surface area contributed by atoms with E-state index in [9.17, 15) is 4.79 Å². The largest absolute Gasteiger partial charge is 0.483 e. The van der Waals surface area contributed by atoms with Crippen molar-refractivity contribution in [3.63, 3.8) is 0 Å². The molecule has 5 heteroatoms. The minimum atomic E-state index is -0.310. The summed E-state index contributed by atoms with van der Waals surface area (Å²) in [6.07, 6.45) is 4.94. The zero-order valence-electron chi connectivity index (χ0n) is 15.1. The third kappa shape index (κ3) is 5.95. The molecule has 0 aliphatic heterocycles. The number of allylic oxidation sites excluding steroid dienone is 1. The Hall–Kier alpha value is -2.82. The minimum absolute atomic E-state index is 0.0817. The third-order valence-corrected chi connectivity index (χ3v) is 3.52. The van der Waals surface area contributed by atoms with Crippen molar-refractivity contribution in [1.29, 1.82) is 0 Å². The number of nitrogens with one attached hydrogen (secondary N) is 1. The van der Waals surface area contributed by atoms with E-state index in [2.05, 4.69) is 24.4 Å². The first-order valence-corrected chi connectivity index (χ1v) is 8.24. The maximum atomic E-state index is 11.8. The van der Waals surface area contributed by atoms with Gasteiger partial charge in [0.15, 0.2) is 6.61 Å². The Bertz CT molecular complexity index is 773. The molecule has 0 radical (unpaired) electrons. The molecule has 1 aromatic heterocycles. The van der Waals surface area contributed by atoms with Crippen LogP contribution in [0.4, 0.5) is 0 Å². The van der Waals surface area contributed by atoms with Crippen molar-refractivity contribution in [3.8, 4) is 5.75 Å². The lowest BCUT2D eigenvalue weighted by atomic mass is 10.0. The molecule has 0 unspecified atom stereocenters. The molecule has 132 valence electrons. The molecule has 1 amide bonds. The smallest absolute Gasteiger partial charge is 0.277 e. The average Bonchev–Trinajstić information content (AvgIpc) is 2.97. The topological polar surface area (TPSA) is 63.8 Å². The molecule has 2 aromatic rings. The number of hydrogen-bond acceptors (Lipinski definition) is 4. The van der Waals surface area contributed by atoms with Crippen molar-refractivity contribution in [1.82, 2.24) is 5.43 Å². The van der Waals surface area contributed by atoms with Crippen LogP contribution in [0.25, 0.3) is 6.08 Å². The molecule has 5 nitrogen and oxygen atoms in total. The summed E-state index contributed by atoms with van der Waals surface area (Å²) in [5.74, 6) is 2.34. The first kappa shape index (κ1) is 18.5. The van der Waals surface area contributed by atoms with Gasteiger partial charge in [0, 0.05) is 6.21 Å². The van der Waals surface area contributed by atoms with E-state index >= 15 is 0 Å². The van der Waals surface area contributed by atoms with Gasteiger partial charge in [-0.25, -0.2) is 5.43 Å². The van der Waals surface area contributed by atoms with Gasteiger partial charge in [0.25, 0.3) is 5.91 Å². The van der Waals surface area contributed by atoms with Gasteiger partial charge < -0.3 is 9.15 Å². The summed E-state index contributed by atoms with van der Waals surface area (Å²) >= 11 is 0. The van der Waals surface area contributed by atoms with Gasteiger partial charge in [0.2, 0.25) is 0 Å². The molecule has 0 saturated heterocycles. The van der Waals surface area contributed by atoms with Crippen LogP contribution in [0.15, 0.2) is 45.9 Å². The number of amides is 1. The van der Waals surface area contributed by atoms with Crippen LogP contribution in [-0.2, 0) is 4.79 Å². The quantitative estimate of drug-likeness (QED) is 0.606. The minimum Gasteiger partial charge on any atom is -0.483 e. The van der Waals surface area contributed by atoms with Gasteiger partial charge in [0.05, 0.1) is 0 Å². The number of aryl methyl sites for hydroxylation is 2. The fourth-order valence-electron chi connectivity index (χ4n) is 2.25. The molecular formula is C20H24N2O3. The Morgan fingerprint density at radius 2 is 2.08 bits per heavy atom. The predicted molar refractivity (Wildman–Crippen MR) is 99.9 cm³/mol. The highest BCUT2D eigenvalue weighted by atomic mass is 16.5. The second-order valence-corrected chi connectivity index (χ2v) is 6.11. The number of ether oxygens (including phenoxy) is 1. The molecule has 0 aliphatic carbocycles. The summed E-state index contributed by atoms with van der Waals surface area (Å²) < 4.78 is 11.0. The first-order chi connectivity index (χ1) is 12.0. The van der Waals surface area contributed by atoms with Gasteiger partial charge in [-0.1, -0.05) is 26.0 Å². The van der Waals surface area contributed by atoms with Crippen LogP contribution in [0.1, 0.15) is 42.4 Å². The summed E-state index contributed by atoms with van der Waals surface area (Å²) in [6.45, 7) is 7.98. The fraction of sp³-hybridized carbons (Fsp3) is 0.300. The SMILES string of the molecule is Cc1ccc(C(C)C)c(OCC(=O)NN=C/C=C/c2ccc(C)o2)c1. The summed E-state index contributed by atoms with van der Waals surface area (Å²) in [6, 6.07) is 9.76. The Morgan fingerprint density at radius 1 is 1.28 bits per heavy atom. The van der Waals surface area contributed by atoms with Crippen LogP contribution in [0.5, 0.6) is 5.75 Å². The summed E-state index contributed by atoms with van der Waals surface area (Å²) in [5, 5.41) is 3.85. The second-order valence-electron chi connectivity index (χ2n) is 6.11. The second kappa shape index (κ2) is 8.87. The van der Waals surface area contributed by atoms with Crippen molar-refractivity contribution >= 4 is 18.2 Å². The molecule has 0 atom stereocenters. The lowest BCUT2D eigenvalue weighted by Crippen LogP contribution is -2.24. The van der Waals surface area contributed by atoms with Gasteiger partial charge in [-0.05, 0) is 61.2 Å². The Labute approximate surface area is 148 Å². The van der Waals surface area contributed by atoms with Crippen molar-refractivity contribution in [2.24, 2.45) is 5.10 Å². The fourth-order valence-corrected chi connectivity index (χ4v) is 2.25. The van der Waals surface area contributed by atoms with Crippen LogP contribution in [0.3, 0.4) is 0 Å². The number of carbonyl (C=O) groups excluding carboxylic acids is 1. The van der Waals surface area contributed by atoms with Crippen LogP contribution in [0.2, 0.25) is 0 Å². The highest BCUT2D eigenvalue weighted by molar-refractivity contribution is 5.81. The summed E-state index contributed by atoms with van der Waals surface area (Å²) in [4.78, 5) is 11.8. The highest BCUT2D eigenvalue weighted by Crippen LogP contribution is 2.27. The standard InChI is InChI=1S/C20H24N2O3/c1-14(2)18-10-7-15(3)12-19(18)24-13-20(23)22-21-11-5-6-17-9-8-16(4)25-17/h5-12,14H,13H2,1-4H3,(H,22,23)/b6-5+,21-11?. The zero-order chi connectivity index (χ0) is 18.2. The molecule has 25 heavy (non-hydrogen) atoms. The normalized spacial score (nSPS) is 11.6. The average molecular weight is 340 g/mol. The monoisotopic (exact) mass is 340 g/mol.